The van der Waals surface area contributed by atoms with E-state index in [0.29, 0.717) is 18.3 Å². The van der Waals surface area contributed by atoms with Gasteiger partial charge in [-0.3, -0.25) is 14.5 Å². The molecule has 1 atom stereocenters. The summed E-state index contributed by atoms with van der Waals surface area (Å²) in [6, 6.07) is 10.4. The number of hydrogen-bond acceptors (Lipinski definition) is 4. The quantitative estimate of drug-likeness (QED) is 0.823. The number of nitrogens with zero attached hydrogens (tertiary/aromatic N) is 3. The summed E-state index contributed by atoms with van der Waals surface area (Å²) in [4.78, 5) is 38.5. The standard InChI is InChI=1S/C25H32N4O2/c30-23(16-18-8-2-1-3-9-18)29-14-7-6-12-22(29)24-26-21-17-28(19-10-4-5-11-19)15-13-20(21)25(31)27-24/h1-3,8-9,19,22H,4-7,10-17H2,(H,26,27,31)/t22-/m1/s1. The van der Waals surface area contributed by atoms with Gasteiger partial charge >= 0.3 is 0 Å². The van der Waals surface area contributed by atoms with Gasteiger partial charge in [-0.15, -0.1) is 0 Å². The molecule has 1 aromatic heterocycles. The van der Waals surface area contributed by atoms with Crippen LogP contribution in [0.2, 0.25) is 0 Å². The number of carbonyl (C=O) groups is 1. The number of hydrogen-bond donors (Lipinski definition) is 1. The highest BCUT2D eigenvalue weighted by atomic mass is 16.2. The number of carbonyl (C=O) groups excluding carboxylic acids is 1. The van der Waals surface area contributed by atoms with Crippen molar-refractivity contribution < 1.29 is 4.79 Å². The SMILES string of the molecule is O=C(Cc1ccccc1)N1CCCC[C@@H]1c1nc2c(c(=O)[nH]1)CCN(C1CCCC1)C2. The average molecular weight is 421 g/mol. The first kappa shape index (κ1) is 20.4. The third-order valence-electron chi connectivity index (χ3n) is 7.30. The number of fused-ring (bicyclic) bond motifs is 1. The molecule has 1 N–H and O–H groups in total. The van der Waals surface area contributed by atoms with Gasteiger partial charge in [0.2, 0.25) is 5.91 Å². The summed E-state index contributed by atoms with van der Waals surface area (Å²) >= 11 is 0. The fourth-order valence-corrected chi connectivity index (χ4v) is 5.60. The Morgan fingerprint density at radius 2 is 1.81 bits per heavy atom. The van der Waals surface area contributed by atoms with Gasteiger partial charge in [0.25, 0.3) is 5.56 Å². The van der Waals surface area contributed by atoms with Gasteiger partial charge in [0.1, 0.15) is 5.82 Å². The number of aromatic amines is 1. The van der Waals surface area contributed by atoms with E-state index in [2.05, 4.69) is 9.88 Å². The molecule has 0 unspecified atom stereocenters. The second-order valence-electron chi connectivity index (χ2n) is 9.30. The number of piperidine rings is 1. The van der Waals surface area contributed by atoms with Crippen LogP contribution in [0.25, 0.3) is 0 Å². The van der Waals surface area contributed by atoms with E-state index in [1.165, 1.54) is 25.7 Å². The predicted molar refractivity (Wildman–Crippen MR) is 120 cm³/mol. The van der Waals surface area contributed by atoms with Gasteiger partial charge < -0.3 is 9.88 Å². The summed E-state index contributed by atoms with van der Waals surface area (Å²) in [5.74, 6) is 0.794. The molecule has 6 nitrogen and oxygen atoms in total. The molecular formula is C25H32N4O2. The lowest BCUT2D eigenvalue weighted by atomic mass is 9.98. The van der Waals surface area contributed by atoms with Crippen LogP contribution in [-0.4, -0.2) is 44.8 Å². The van der Waals surface area contributed by atoms with Crippen molar-refractivity contribution in [3.63, 3.8) is 0 Å². The third-order valence-corrected chi connectivity index (χ3v) is 7.30. The second-order valence-corrected chi connectivity index (χ2v) is 9.30. The average Bonchev–Trinajstić information content (AvgIpc) is 3.34. The first-order chi connectivity index (χ1) is 15.2. The number of likely N-dealkylation sites (tertiary alicyclic amines) is 1. The molecule has 31 heavy (non-hydrogen) atoms. The molecule has 1 aliphatic carbocycles. The molecule has 0 bridgehead atoms. The van der Waals surface area contributed by atoms with E-state index >= 15 is 0 Å². The van der Waals surface area contributed by atoms with E-state index in [4.69, 9.17) is 4.98 Å². The number of rotatable bonds is 4. The van der Waals surface area contributed by atoms with Crippen LogP contribution >= 0.6 is 0 Å². The van der Waals surface area contributed by atoms with Crippen molar-refractivity contribution in [1.29, 1.82) is 0 Å². The Balaban J connectivity index is 1.39. The van der Waals surface area contributed by atoms with Crippen molar-refractivity contribution >= 4 is 5.91 Å². The third kappa shape index (κ3) is 4.31. The van der Waals surface area contributed by atoms with E-state index in [0.717, 1.165) is 62.1 Å². The van der Waals surface area contributed by atoms with E-state index in [9.17, 15) is 9.59 Å². The Hall–Kier alpha value is -2.47. The topological polar surface area (TPSA) is 69.3 Å². The number of nitrogens with one attached hydrogen (secondary N) is 1. The Bertz CT molecular complexity index is 981. The molecule has 1 amide bonds. The van der Waals surface area contributed by atoms with Crippen molar-refractivity contribution in [2.24, 2.45) is 0 Å². The Labute approximate surface area is 183 Å². The van der Waals surface area contributed by atoms with Crippen LogP contribution in [0.1, 0.15) is 73.6 Å². The van der Waals surface area contributed by atoms with E-state index in [1.807, 2.05) is 35.2 Å². The molecule has 1 saturated carbocycles. The summed E-state index contributed by atoms with van der Waals surface area (Å²) in [7, 11) is 0. The number of benzene rings is 1. The normalized spacial score (nSPS) is 22.5. The van der Waals surface area contributed by atoms with Crippen LogP contribution in [0.3, 0.4) is 0 Å². The lowest BCUT2D eigenvalue weighted by molar-refractivity contribution is -0.134. The lowest BCUT2D eigenvalue weighted by Crippen LogP contribution is -2.43. The monoisotopic (exact) mass is 420 g/mol. The van der Waals surface area contributed by atoms with Crippen molar-refractivity contribution in [2.75, 3.05) is 13.1 Å². The summed E-state index contributed by atoms with van der Waals surface area (Å²) in [6.45, 7) is 2.44. The minimum Gasteiger partial charge on any atom is -0.332 e. The zero-order chi connectivity index (χ0) is 21.2. The first-order valence-electron chi connectivity index (χ1n) is 11.9. The van der Waals surface area contributed by atoms with Gasteiger partial charge in [-0.2, -0.15) is 0 Å². The van der Waals surface area contributed by atoms with E-state index in [1.54, 1.807) is 0 Å². The number of amides is 1. The molecule has 2 fully saturated rings. The van der Waals surface area contributed by atoms with Crippen LogP contribution in [0.4, 0.5) is 0 Å². The summed E-state index contributed by atoms with van der Waals surface area (Å²) < 4.78 is 0. The maximum absolute atomic E-state index is 13.1. The van der Waals surface area contributed by atoms with Gasteiger partial charge in [-0.25, -0.2) is 4.98 Å². The van der Waals surface area contributed by atoms with E-state index < -0.39 is 0 Å². The van der Waals surface area contributed by atoms with Crippen molar-refractivity contribution in [3.8, 4) is 0 Å². The van der Waals surface area contributed by atoms with Crippen LogP contribution in [-0.2, 0) is 24.2 Å². The Kier molecular flexibility index (Phi) is 5.90. The van der Waals surface area contributed by atoms with Crippen LogP contribution in [0.15, 0.2) is 35.1 Å². The van der Waals surface area contributed by atoms with Gasteiger partial charge in [-0.05, 0) is 44.1 Å². The summed E-state index contributed by atoms with van der Waals surface area (Å²) in [5, 5.41) is 0. The highest BCUT2D eigenvalue weighted by Crippen LogP contribution is 2.31. The molecule has 164 valence electrons. The molecule has 0 radical (unpaired) electrons. The smallest absolute Gasteiger partial charge is 0.254 e. The van der Waals surface area contributed by atoms with Crippen LogP contribution in [0.5, 0.6) is 0 Å². The highest BCUT2D eigenvalue weighted by Gasteiger charge is 2.32. The van der Waals surface area contributed by atoms with Crippen molar-refractivity contribution in [2.45, 2.75) is 76.4 Å². The van der Waals surface area contributed by atoms with Crippen LogP contribution < -0.4 is 5.56 Å². The van der Waals surface area contributed by atoms with Gasteiger partial charge in [0.15, 0.2) is 0 Å². The zero-order valence-electron chi connectivity index (χ0n) is 18.2. The lowest BCUT2D eigenvalue weighted by Gasteiger charge is -2.36. The fraction of sp³-hybridized carbons (Fsp3) is 0.560. The molecule has 6 heteroatoms. The molecule has 1 aromatic carbocycles. The molecule has 3 aliphatic rings. The maximum atomic E-state index is 13.1. The first-order valence-corrected chi connectivity index (χ1v) is 11.9. The zero-order valence-corrected chi connectivity index (χ0v) is 18.2. The number of H-pyrrole nitrogens is 1. The van der Waals surface area contributed by atoms with E-state index in [-0.39, 0.29) is 17.5 Å². The summed E-state index contributed by atoms with van der Waals surface area (Å²) in [6.07, 6.45) is 9.21. The molecule has 0 spiro atoms. The van der Waals surface area contributed by atoms with Crippen LogP contribution in [0, 0.1) is 0 Å². The molecule has 3 heterocycles. The molecule has 2 aromatic rings. The van der Waals surface area contributed by atoms with Gasteiger partial charge in [-0.1, -0.05) is 43.2 Å². The molecule has 1 saturated heterocycles. The maximum Gasteiger partial charge on any atom is 0.254 e. The van der Waals surface area contributed by atoms with Crippen molar-refractivity contribution in [1.82, 2.24) is 19.8 Å². The molecule has 5 rings (SSSR count). The largest absolute Gasteiger partial charge is 0.332 e. The number of aromatic nitrogens is 2. The second kappa shape index (κ2) is 8.95. The molecule has 2 aliphatic heterocycles. The summed E-state index contributed by atoms with van der Waals surface area (Å²) in [5.41, 5.74) is 2.79. The minimum absolute atomic E-state index is 0.00731. The fourth-order valence-electron chi connectivity index (χ4n) is 5.60. The van der Waals surface area contributed by atoms with Gasteiger partial charge in [0.05, 0.1) is 18.2 Å². The molecular weight excluding hydrogens is 388 g/mol. The van der Waals surface area contributed by atoms with Gasteiger partial charge in [0, 0.05) is 31.2 Å². The Morgan fingerprint density at radius 1 is 1.03 bits per heavy atom. The highest BCUT2D eigenvalue weighted by molar-refractivity contribution is 5.79. The minimum atomic E-state index is -0.134. The van der Waals surface area contributed by atoms with Crippen molar-refractivity contribution in [3.05, 3.63) is 63.3 Å². The Morgan fingerprint density at radius 3 is 2.61 bits per heavy atom. The predicted octanol–water partition coefficient (Wildman–Crippen LogP) is 3.37.